The minimum Gasteiger partial charge on any atom is -0.397 e. The lowest BCUT2D eigenvalue weighted by Crippen LogP contribution is -2.36. The number of nitrogen functional groups attached to an aromatic ring is 6. The summed E-state index contributed by atoms with van der Waals surface area (Å²) in [7, 11) is 0. The second kappa shape index (κ2) is 36.1. The summed E-state index contributed by atoms with van der Waals surface area (Å²) < 4.78 is 158. The molecule has 9 fully saturated rings. The molecule has 6 bridgehead atoms. The first kappa shape index (κ1) is 93.5. The minimum atomic E-state index is -4.20. The number of aliphatic hydroxyl groups excluding tert-OH is 1. The van der Waals surface area contributed by atoms with Gasteiger partial charge in [0, 0.05) is 37.9 Å². The van der Waals surface area contributed by atoms with Crippen LogP contribution in [-0.2, 0) is 146 Å². The van der Waals surface area contributed by atoms with E-state index >= 15 is 8.78 Å². The number of ether oxygens (including phenoxy) is 6. The highest BCUT2D eigenvalue weighted by atomic mass is 32.7. The monoisotopic (exact) mass is 2070 g/mol. The van der Waals surface area contributed by atoms with Gasteiger partial charge in [-0.3, -0.25) is 74.8 Å². The molecule has 12 aromatic rings. The Morgan fingerprint density at radius 3 is 1.11 bits per heavy atom. The molecular formula is C63H73F2N27O28P6S6. The molecule has 9 aliphatic heterocycles. The van der Waals surface area contributed by atoms with Crippen molar-refractivity contribution in [1.29, 1.82) is 0 Å². The Balaban J connectivity index is 0.000000128. The predicted molar refractivity (Wildman–Crippen MR) is 471 cm³/mol. The lowest BCUT2D eigenvalue weighted by Gasteiger charge is -2.27. The van der Waals surface area contributed by atoms with Gasteiger partial charge in [-0.05, 0) is 77.2 Å². The maximum absolute atomic E-state index is 15.8. The van der Waals surface area contributed by atoms with Crippen molar-refractivity contribution >= 4 is 214 Å². The van der Waals surface area contributed by atoms with E-state index in [4.69, 9.17) is 176 Å². The largest absolute Gasteiger partial charge is 0.397 e. The zero-order valence-electron chi connectivity index (χ0n) is 66.5. The Labute approximate surface area is 764 Å². The highest BCUT2D eigenvalue weighted by Crippen LogP contribution is 2.61. The number of aromatic nitrogens is 21. The summed E-state index contributed by atoms with van der Waals surface area (Å²) in [6, 6.07) is 4.79. The number of anilines is 6. The van der Waals surface area contributed by atoms with E-state index in [-0.39, 0.29) is 77.2 Å². The number of nitrogens with two attached hydrogens (primary N) is 6. The van der Waals surface area contributed by atoms with Crippen LogP contribution in [0.1, 0.15) is 56.6 Å². The van der Waals surface area contributed by atoms with Crippen molar-refractivity contribution in [2.75, 3.05) is 74.0 Å². The smallest absolute Gasteiger partial charge is 0.386 e. The van der Waals surface area contributed by atoms with E-state index in [0.717, 1.165) is 0 Å². The van der Waals surface area contributed by atoms with Crippen molar-refractivity contribution in [3.63, 3.8) is 0 Å². The van der Waals surface area contributed by atoms with Gasteiger partial charge in [-0.1, -0.05) is 12.2 Å². The number of halogens is 2. The summed E-state index contributed by atoms with van der Waals surface area (Å²) in [5.41, 5.74) is 36.8. The van der Waals surface area contributed by atoms with Gasteiger partial charge in [0.15, 0.2) is 87.7 Å². The molecule has 708 valence electrons. The molecule has 27 atom stereocenters. The molecule has 0 spiro atoms. The van der Waals surface area contributed by atoms with Gasteiger partial charge in [-0.25, -0.2) is 58.2 Å². The van der Waals surface area contributed by atoms with Gasteiger partial charge >= 0.3 is 40.4 Å². The minimum absolute atomic E-state index is 0.00955. The Morgan fingerprint density at radius 2 is 0.705 bits per heavy atom. The number of aromatic amines is 3. The van der Waals surface area contributed by atoms with Crippen molar-refractivity contribution in [3.8, 4) is 0 Å². The highest BCUT2D eigenvalue weighted by Gasteiger charge is 2.56. The van der Waals surface area contributed by atoms with Crippen molar-refractivity contribution in [2.24, 2.45) is 0 Å². The van der Waals surface area contributed by atoms with Crippen molar-refractivity contribution in [3.05, 3.63) is 106 Å². The molecule has 0 aliphatic carbocycles. The number of nitrogens with zero attached hydrogens (tertiary/aromatic N) is 18. The molecule has 9 aliphatic rings. The number of rotatable bonds is 6. The zero-order valence-corrected chi connectivity index (χ0v) is 76.9. The fourth-order valence-corrected chi connectivity index (χ4v) is 24.7. The second-order valence-corrected chi connectivity index (χ2v) is 47.2. The Morgan fingerprint density at radius 1 is 0.371 bits per heavy atom. The van der Waals surface area contributed by atoms with Crippen LogP contribution in [0.4, 0.5) is 43.7 Å². The normalized spacial score (nSPS) is 36.6. The molecule has 6 unspecified atom stereocenters. The molecule has 69 heteroatoms. The second-order valence-electron chi connectivity index (χ2n) is 30.4. The van der Waals surface area contributed by atoms with E-state index in [9.17, 15) is 48.5 Å². The van der Waals surface area contributed by atoms with Crippen LogP contribution in [0.2, 0.25) is 0 Å². The number of pyridine rings is 3. The molecule has 21 rings (SSSR count). The van der Waals surface area contributed by atoms with Crippen LogP contribution in [0, 0.1) is 0 Å². The molecule has 21 heterocycles. The molecule has 12 aromatic heterocycles. The number of thiol groups is 1. The first-order chi connectivity index (χ1) is 62.7. The van der Waals surface area contributed by atoms with Gasteiger partial charge in [0.1, 0.15) is 90.0 Å². The van der Waals surface area contributed by atoms with Crippen LogP contribution < -0.4 is 51.1 Å². The number of imidazole rings is 6. The molecular weight excluding hydrogens is 2000 g/mol. The third kappa shape index (κ3) is 18.7. The van der Waals surface area contributed by atoms with Crippen LogP contribution in [0.15, 0.2) is 89.1 Å². The highest BCUT2D eigenvalue weighted by molar-refractivity contribution is 8.44. The third-order valence-corrected chi connectivity index (χ3v) is 31.4. The fourth-order valence-electron chi connectivity index (χ4n) is 16.0. The molecule has 21 N–H and O–H groups in total. The third-order valence-electron chi connectivity index (χ3n) is 21.9. The number of hydrogen-bond donors (Lipinski definition) is 16. The summed E-state index contributed by atoms with van der Waals surface area (Å²) in [4.78, 5) is 149. The van der Waals surface area contributed by atoms with Gasteiger partial charge in [-0.15, -0.1) is 0 Å². The van der Waals surface area contributed by atoms with Crippen molar-refractivity contribution in [2.45, 2.75) is 148 Å². The Kier molecular flexibility index (Phi) is 25.6. The van der Waals surface area contributed by atoms with Gasteiger partial charge in [-0.2, -0.15) is 15.0 Å². The standard InChI is InChI=1S/2C21H24FN9O9P2S2.C21H25N9O10P2S2/c2*22-13-11-5-36-41(33,43)39-9-3-12(30-6-26-14-8(23)1-2-25-17(14)30)37-10(9)4-35-42(34,44)40-16(13)20(38-11)31-7-27-15-18(31)28-21(24)29-19(15)32;22-9-1-2-24-16-12(9)25-6-29(16)20-14(31)15-11(38-20)5-36-41(33,43)39-10-3-8(4-35-42(34,44)40-15)37-19(10)30-7-26-13-17(30)27-21(23)28-18(13)32/h2*1-2,6-7,9-13,16,20H,3-5H2,(H2,23,25)(H,33,43)(H,34,44)(H3,24,28,29,32);1-2,6-8,10-11,14-15,19-20,31H,3-5H2,(H2,22,24)(H,33,43)(H,34,44)(H3,23,27,28,32)/t2*9-,10-,11-,12-,13-,16-,20-,41?,42?;8-,10+,11+,14+,15-,19+,20+,41?,42?/m110/s1. The lowest BCUT2D eigenvalue weighted by molar-refractivity contribution is -0.0597. The summed E-state index contributed by atoms with van der Waals surface area (Å²) in [5.74, 6) is -0.598. The first-order valence-electron chi connectivity index (χ1n) is 38.9. The van der Waals surface area contributed by atoms with Crippen molar-refractivity contribution < 1.29 is 126 Å². The van der Waals surface area contributed by atoms with Gasteiger partial charge in [0.25, 0.3) is 16.7 Å². The number of hydrogen-bond acceptors (Lipinski definition) is 46. The van der Waals surface area contributed by atoms with Gasteiger partial charge in [0.2, 0.25) is 17.8 Å². The average Bonchev–Trinajstić information content (AvgIpc) is 1.60. The number of alkyl halides is 2. The maximum Gasteiger partial charge on any atom is 0.386 e. The molecule has 55 nitrogen and oxygen atoms in total. The van der Waals surface area contributed by atoms with E-state index < -0.39 is 219 Å². The fraction of sp³-hybridized carbons (Fsp3) is 0.476. The molecule has 132 heavy (non-hydrogen) atoms. The Bertz CT molecular complexity index is 6740. The van der Waals surface area contributed by atoms with Gasteiger partial charge < -0.3 is 129 Å². The van der Waals surface area contributed by atoms with E-state index in [2.05, 4.69) is 87.0 Å². The Hall–Kier alpha value is -7.56. The summed E-state index contributed by atoms with van der Waals surface area (Å²) in [6.07, 6.45) is -12.8. The first-order valence-corrected chi connectivity index (χ1v) is 54.5. The maximum atomic E-state index is 15.8. The summed E-state index contributed by atoms with van der Waals surface area (Å²) >= 11 is 30.4. The molecule has 0 saturated carbocycles. The van der Waals surface area contributed by atoms with Crippen LogP contribution in [0.5, 0.6) is 0 Å². The van der Waals surface area contributed by atoms with E-state index in [0.29, 0.717) is 50.6 Å². The van der Waals surface area contributed by atoms with Crippen molar-refractivity contribution in [1.82, 2.24) is 102 Å². The lowest BCUT2D eigenvalue weighted by atomic mass is 10.1. The molecule has 0 amide bonds. The van der Waals surface area contributed by atoms with Crippen LogP contribution in [-0.4, -0.2) is 263 Å². The number of nitrogens with one attached hydrogen (secondary N) is 3. The number of H-pyrrole nitrogens is 3. The van der Waals surface area contributed by atoms with E-state index in [1.54, 1.807) is 27.3 Å². The summed E-state index contributed by atoms with van der Waals surface area (Å²) in [5, 5.41) is 11.3. The zero-order chi connectivity index (χ0) is 92.9. The van der Waals surface area contributed by atoms with Gasteiger partial charge in [0.05, 0.1) is 113 Å². The number of aliphatic hydroxyl groups is 1. The molecule has 9 saturated heterocycles. The molecule has 0 radical (unpaired) electrons. The SMILES string of the molecule is Nc1nc2c(ncn2[C@@H]2O[C@@H]3COP(=O)(S)O[C@@H]4[C@@H](O)[C@H](n5cnc6c(N)ccnc65)O[C@@H]4COP(O)(=S)O[C@@H]2C3)c(=O)[nH]1.Nc1nc2c(ncn2[C@@H]2O[C@@H]3COP(O)(=S)O[C@@H]4C[C@H](n5cnc6c(N)ccnc65)O[C@@H]4COP(O)(=S)O[C@@H]2[C@@H]3F)c(=O)[nH]1.Nc1nc2c(ncn2[C@@H]2O[C@@H]3COP(O)(=S)O[C@@H]4C[C@H](n5cnc6c(N)ccnc65)O[C@@H]4COP(O)(=S)O[C@@H]2[C@@H]3F)c(=O)[nH]1. The quantitative estimate of drug-likeness (QED) is 0.0825. The topological polar surface area (TPSA) is 744 Å². The van der Waals surface area contributed by atoms with E-state index in [1.165, 1.54) is 74.8 Å². The summed E-state index contributed by atoms with van der Waals surface area (Å²) in [6.45, 7) is -27.3. The molecule has 0 aromatic carbocycles. The average molecular weight is 2070 g/mol. The number of fused-ring (bicyclic) bond motifs is 15. The van der Waals surface area contributed by atoms with E-state index in [1.807, 2.05) is 0 Å². The van der Waals surface area contributed by atoms with Crippen LogP contribution >= 0.6 is 52.6 Å². The van der Waals surface area contributed by atoms with Crippen LogP contribution in [0.25, 0.3) is 67.0 Å². The van der Waals surface area contributed by atoms with Crippen LogP contribution in [0.3, 0.4) is 0 Å². The predicted octanol–water partition coefficient (Wildman–Crippen LogP) is 1.35.